The second kappa shape index (κ2) is 6.41. The minimum Gasteiger partial charge on any atom is -0.497 e. The van der Waals surface area contributed by atoms with Crippen molar-refractivity contribution in [3.63, 3.8) is 0 Å². The van der Waals surface area contributed by atoms with Gasteiger partial charge in [0.25, 0.3) is 0 Å². The van der Waals surface area contributed by atoms with Crippen LogP contribution in [0.15, 0.2) is 35.5 Å². The lowest BCUT2D eigenvalue weighted by Crippen LogP contribution is -2.50. The van der Waals surface area contributed by atoms with Gasteiger partial charge in [0, 0.05) is 17.9 Å². The zero-order valence-corrected chi connectivity index (χ0v) is 12.2. The molecule has 1 aromatic rings. The van der Waals surface area contributed by atoms with E-state index in [2.05, 4.69) is 10.6 Å². The lowest BCUT2D eigenvalue weighted by atomic mass is 9.99. The first kappa shape index (κ1) is 15.1. The van der Waals surface area contributed by atoms with Gasteiger partial charge in [-0.3, -0.25) is 4.79 Å². The van der Waals surface area contributed by atoms with Crippen molar-refractivity contribution >= 4 is 11.8 Å². The smallest absolute Gasteiger partial charge is 0.321 e. The van der Waals surface area contributed by atoms with Gasteiger partial charge in [-0.05, 0) is 38.1 Å². The van der Waals surface area contributed by atoms with E-state index in [0.29, 0.717) is 29.2 Å². The molecule has 1 atom stereocenters. The van der Waals surface area contributed by atoms with Crippen molar-refractivity contribution in [3.05, 3.63) is 41.1 Å². The van der Waals surface area contributed by atoms with E-state index < -0.39 is 6.23 Å². The van der Waals surface area contributed by atoms with Crippen LogP contribution in [-0.4, -0.2) is 31.8 Å². The van der Waals surface area contributed by atoms with Gasteiger partial charge in [0.05, 0.1) is 12.7 Å². The Labute approximate surface area is 123 Å². The van der Waals surface area contributed by atoms with Crippen LogP contribution in [0.5, 0.6) is 5.75 Å². The molecule has 1 unspecified atom stereocenters. The standard InChI is InChI=1S/C15H18N2O4/c1-4-21-14-12(9(2)16-15(19)17-14)13(18)10-5-7-11(20-3)8-6-10/h5-8,14H,4H2,1-3H3,(H2,16,17,19). The number of amides is 2. The van der Waals surface area contributed by atoms with E-state index in [-0.39, 0.29) is 11.8 Å². The van der Waals surface area contributed by atoms with Crippen molar-refractivity contribution < 1.29 is 19.1 Å². The number of nitrogens with one attached hydrogen (secondary N) is 2. The third-order valence-corrected chi connectivity index (χ3v) is 3.16. The summed E-state index contributed by atoms with van der Waals surface area (Å²) in [5, 5.41) is 5.19. The maximum absolute atomic E-state index is 12.6. The number of rotatable bonds is 5. The molecule has 2 rings (SSSR count). The SMILES string of the molecule is CCOC1NC(=O)NC(C)=C1C(=O)c1ccc(OC)cc1. The Morgan fingerprint density at radius 3 is 2.52 bits per heavy atom. The summed E-state index contributed by atoms with van der Waals surface area (Å²) in [5.74, 6) is 0.481. The van der Waals surface area contributed by atoms with E-state index in [0.717, 1.165) is 0 Å². The highest BCUT2D eigenvalue weighted by Gasteiger charge is 2.30. The number of carbonyl (C=O) groups excluding carboxylic acids is 2. The van der Waals surface area contributed by atoms with E-state index in [4.69, 9.17) is 9.47 Å². The summed E-state index contributed by atoms with van der Waals surface area (Å²) in [6, 6.07) is 6.42. The molecule has 0 aromatic heterocycles. The average molecular weight is 290 g/mol. The van der Waals surface area contributed by atoms with Crippen molar-refractivity contribution in [2.45, 2.75) is 20.1 Å². The van der Waals surface area contributed by atoms with Crippen molar-refractivity contribution in [3.8, 4) is 5.75 Å². The number of carbonyl (C=O) groups is 2. The van der Waals surface area contributed by atoms with E-state index in [9.17, 15) is 9.59 Å². The largest absolute Gasteiger partial charge is 0.497 e. The summed E-state index contributed by atoms with van der Waals surface area (Å²) in [6.45, 7) is 3.87. The van der Waals surface area contributed by atoms with Crippen molar-refractivity contribution in [2.24, 2.45) is 0 Å². The zero-order valence-electron chi connectivity index (χ0n) is 12.2. The molecule has 2 amide bonds. The highest BCUT2D eigenvalue weighted by Crippen LogP contribution is 2.20. The van der Waals surface area contributed by atoms with Crippen LogP contribution < -0.4 is 15.4 Å². The van der Waals surface area contributed by atoms with Gasteiger partial charge in [-0.1, -0.05) is 0 Å². The van der Waals surface area contributed by atoms with E-state index in [1.807, 2.05) is 0 Å². The molecule has 21 heavy (non-hydrogen) atoms. The fourth-order valence-corrected chi connectivity index (χ4v) is 2.14. The Hall–Kier alpha value is -2.34. The Kier molecular flexibility index (Phi) is 4.59. The molecule has 6 heteroatoms. The lowest BCUT2D eigenvalue weighted by Gasteiger charge is -2.27. The highest BCUT2D eigenvalue weighted by molar-refractivity contribution is 6.10. The van der Waals surface area contributed by atoms with Gasteiger partial charge in [0.1, 0.15) is 5.75 Å². The number of methoxy groups -OCH3 is 1. The van der Waals surface area contributed by atoms with Gasteiger partial charge < -0.3 is 20.1 Å². The molecular weight excluding hydrogens is 272 g/mol. The van der Waals surface area contributed by atoms with E-state index in [1.54, 1.807) is 45.2 Å². The second-order valence-electron chi connectivity index (χ2n) is 4.53. The molecule has 112 valence electrons. The molecule has 1 aromatic carbocycles. The van der Waals surface area contributed by atoms with E-state index >= 15 is 0 Å². The zero-order chi connectivity index (χ0) is 15.4. The fourth-order valence-electron chi connectivity index (χ4n) is 2.14. The summed E-state index contributed by atoms with van der Waals surface area (Å²) in [7, 11) is 1.56. The summed E-state index contributed by atoms with van der Waals surface area (Å²) in [5.41, 5.74) is 1.41. The van der Waals surface area contributed by atoms with Gasteiger partial charge in [-0.2, -0.15) is 0 Å². The highest BCUT2D eigenvalue weighted by atomic mass is 16.5. The Bertz CT molecular complexity index is 578. The number of hydrogen-bond acceptors (Lipinski definition) is 4. The molecule has 0 aliphatic carbocycles. The topological polar surface area (TPSA) is 76.7 Å². The first-order chi connectivity index (χ1) is 10.1. The van der Waals surface area contributed by atoms with Crippen LogP contribution in [0.3, 0.4) is 0 Å². The Morgan fingerprint density at radius 2 is 1.95 bits per heavy atom. The fraction of sp³-hybridized carbons (Fsp3) is 0.333. The quantitative estimate of drug-likeness (QED) is 0.811. The number of hydrogen-bond donors (Lipinski definition) is 2. The average Bonchev–Trinajstić information content (AvgIpc) is 2.46. The van der Waals surface area contributed by atoms with Crippen LogP contribution in [0.2, 0.25) is 0 Å². The van der Waals surface area contributed by atoms with Crippen LogP contribution in [0.4, 0.5) is 4.79 Å². The second-order valence-corrected chi connectivity index (χ2v) is 4.53. The molecule has 1 aliphatic rings. The molecule has 0 spiro atoms. The molecule has 0 saturated carbocycles. The molecule has 0 saturated heterocycles. The van der Waals surface area contributed by atoms with Gasteiger partial charge in [-0.25, -0.2) is 4.79 Å². The van der Waals surface area contributed by atoms with Crippen molar-refractivity contribution in [1.82, 2.24) is 10.6 Å². The predicted molar refractivity (Wildman–Crippen MR) is 77.1 cm³/mol. The molecular formula is C15H18N2O4. The number of allylic oxidation sites excluding steroid dienone is 1. The molecule has 0 bridgehead atoms. The predicted octanol–water partition coefficient (Wildman–Crippen LogP) is 1.83. The molecule has 1 aliphatic heterocycles. The number of Topliss-reactive ketones (excluding diaryl/α,β-unsaturated/α-hetero) is 1. The summed E-state index contributed by atoms with van der Waals surface area (Å²) in [6.07, 6.45) is -0.738. The number of benzene rings is 1. The lowest BCUT2D eigenvalue weighted by molar-refractivity contribution is 0.0607. The molecule has 6 nitrogen and oxygen atoms in total. The first-order valence-corrected chi connectivity index (χ1v) is 6.65. The van der Waals surface area contributed by atoms with Gasteiger partial charge in [0.15, 0.2) is 12.0 Å². The minimum atomic E-state index is -0.738. The molecule has 0 fully saturated rings. The van der Waals surface area contributed by atoms with Crippen molar-refractivity contribution in [1.29, 1.82) is 0 Å². The van der Waals surface area contributed by atoms with Crippen LogP contribution in [0, 0.1) is 0 Å². The number of urea groups is 1. The summed E-state index contributed by atoms with van der Waals surface area (Å²) in [4.78, 5) is 24.1. The molecule has 0 radical (unpaired) electrons. The summed E-state index contributed by atoms with van der Waals surface area (Å²) >= 11 is 0. The minimum absolute atomic E-state index is 0.193. The van der Waals surface area contributed by atoms with Crippen LogP contribution in [-0.2, 0) is 4.74 Å². The molecule has 1 heterocycles. The van der Waals surface area contributed by atoms with Gasteiger partial charge >= 0.3 is 6.03 Å². The van der Waals surface area contributed by atoms with Crippen LogP contribution >= 0.6 is 0 Å². The maximum atomic E-state index is 12.6. The van der Waals surface area contributed by atoms with Gasteiger partial charge in [0.2, 0.25) is 0 Å². The van der Waals surface area contributed by atoms with E-state index in [1.165, 1.54) is 0 Å². The van der Waals surface area contributed by atoms with Gasteiger partial charge in [-0.15, -0.1) is 0 Å². The van der Waals surface area contributed by atoms with Crippen LogP contribution in [0.1, 0.15) is 24.2 Å². The number of ether oxygens (including phenoxy) is 2. The van der Waals surface area contributed by atoms with Crippen LogP contribution in [0.25, 0.3) is 0 Å². The normalized spacial score (nSPS) is 18.0. The number of ketones is 1. The first-order valence-electron chi connectivity index (χ1n) is 6.65. The maximum Gasteiger partial charge on any atom is 0.321 e. The van der Waals surface area contributed by atoms with Crippen molar-refractivity contribution in [2.75, 3.05) is 13.7 Å². The monoisotopic (exact) mass is 290 g/mol. The third kappa shape index (κ3) is 3.22. The Balaban J connectivity index is 2.33. The Morgan fingerprint density at radius 1 is 1.29 bits per heavy atom. The third-order valence-electron chi connectivity index (χ3n) is 3.16. The molecule has 2 N–H and O–H groups in total. The summed E-state index contributed by atoms with van der Waals surface area (Å²) < 4.78 is 10.5.